The molecule has 0 aliphatic carbocycles. The van der Waals surface area contributed by atoms with Crippen LogP contribution in [0.5, 0.6) is 11.5 Å². The monoisotopic (exact) mass is 543 g/mol. The molecule has 6 aromatic carbocycles. The Balaban J connectivity index is 1.25. The molecule has 3 heteroatoms. The minimum atomic E-state index is -0.287. The third-order valence-corrected chi connectivity index (χ3v) is 8.52. The Morgan fingerprint density at radius 3 is 1.95 bits per heavy atom. The molecule has 0 unspecified atom stereocenters. The number of benzene rings is 6. The number of anilines is 3. The van der Waals surface area contributed by atoms with Crippen molar-refractivity contribution in [2.45, 2.75) is 19.3 Å². The van der Waals surface area contributed by atoms with Crippen LogP contribution in [0.25, 0.3) is 33.1 Å². The van der Waals surface area contributed by atoms with Gasteiger partial charge in [0.05, 0.1) is 5.39 Å². The van der Waals surface area contributed by atoms with Gasteiger partial charge in [0.25, 0.3) is 0 Å². The van der Waals surface area contributed by atoms with Crippen molar-refractivity contribution in [3.63, 3.8) is 0 Å². The fourth-order valence-electron chi connectivity index (χ4n) is 6.33. The van der Waals surface area contributed by atoms with Crippen LogP contribution in [0.3, 0.4) is 0 Å². The van der Waals surface area contributed by atoms with E-state index in [1.165, 1.54) is 11.1 Å². The molecule has 0 saturated heterocycles. The van der Waals surface area contributed by atoms with Gasteiger partial charge in [-0.1, -0.05) is 98.8 Å². The van der Waals surface area contributed by atoms with Gasteiger partial charge in [0.1, 0.15) is 22.7 Å². The molecule has 0 amide bonds. The minimum Gasteiger partial charge on any atom is -0.456 e. The molecule has 0 spiro atoms. The van der Waals surface area contributed by atoms with Crippen molar-refractivity contribution < 1.29 is 9.15 Å². The molecule has 202 valence electrons. The SMILES string of the molecule is CC1(C)c2cc(N(c3ccccc3)c3ccc(-c4ccccc4)cc3)ccc2Oc2c1ccc1oc3ccccc3c21. The summed E-state index contributed by atoms with van der Waals surface area (Å²) >= 11 is 0. The second kappa shape index (κ2) is 9.39. The molecule has 8 rings (SSSR count). The normalized spacial score (nSPS) is 13.4. The maximum absolute atomic E-state index is 6.73. The molecule has 1 aliphatic rings. The van der Waals surface area contributed by atoms with Gasteiger partial charge in [-0.15, -0.1) is 0 Å². The lowest BCUT2D eigenvalue weighted by atomic mass is 9.75. The Morgan fingerprint density at radius 2 is 1.17 bits per heavy atom. The number of fused-ring (bicyclic) bond motifs is 6. The van der Waals surface area contributed by atoms with Gasteiger partial charge in [-0.25, -0.2) is 0 Å². The lowest BCUT2D eigenvalue weighted by molar-refractivity contribution is 0.423. The first-order valence-corrected chi connectivity index (χ1v) is 14.4. The third-order valence-electron chi connectivity index (χ3n) is 8.52. The highest BCUT2D eigenvalue weighted by Crippen LogP contribution is 2.53. The van der Waals surface area contributed by atoms with Crippen LogP contribution < -0.4 is 9.64 Å². The molecule has 0 radical (unpaired) electrons. The van der Waals surface area contributed by atoms with Gasteiger partial charge in [0.2, 0.25) is 0 Å². The van der Waals surface area contributed by atoms with Gasteiger partial charge in [-0.2, -0.15) is 0 Å². The summed E-state index contributed by atoms with van der Waals surface area (Å²) in [6.45, 7) is 4.57. The van der Waals surface area contributed by atoms with Gasteiger partial charge in [0.15, 0.2) is 0 Å². The van der Waals surface area contributed by atoms with Crippen molar-refractivity contribution in [3.8, 4) is 22.6 Å². The Labute approximate surface area is 245 Å². The Kier molecular flexibility index (Phi) is 5.48. The van der Waals surface area contributed by atoms with Crippen molar-refractivity contribution in [2.75, 3.05) is 4.90 Å². The number of para-hydroxylation sites is 2. The molecule has 2 heterocycles. The second-order valence-electron chi connectivity index (χ2n) is 11.4. The number of hydrogen-bond acceptors (Lipinski definition) is 3. The van der Waals surface area contributed by atoms with Crippen LogP contribution in [-0.2, 0) is 5.41 Å². The summed E-state index contributed by atoms with van der Waals surface area (Å²) in [6, 6.07) is 48.8. The fraction of sp³-hybridized carbons (Fsp3) is 0.0769. The van der Waals surface area contributed by atoms with E-state index >= 15 is 0 Å². The number of rotatable bonds is 4. The van der Waals surface area contributed by atoms with Crippen LogP contribution in [-0.4, -0.2) is 0 Å². The Bertz CT molecular complexity index is 2070. The first-order valence-electron chi connectivity index (χ1n) is 14.4. The Morgan fingerprint density at radius 1 is 0.524 bits per heavy atom. The summed E-state index contributed by atoms with van der Waals surface area (Å²) in [5.74, 6) is 1.76. The van der Waals surface area contributed by atoms with Gasteiger partial charge < -0.3 is 14.1 Å². The molecule has 3 nitrogen and oxygen atoms in total. The number of ether oxygens (including phenoxy) is 1. The molecule has 1 aromatic heterocycles. The summed E-state index contributed by atoms with van der Waals surface area (Å²) in [4.78, 5) is 2.31. The molecule has 0 atom stereocenters. The van der Waals surface area contributed by atoms with Gasteiger partial charge >= 0.3 is 0 Å². The van der Waals surface area contributed by atoms with E-state index in [4.69, 9.17) is 9.15 Å². The fourth-order valence-corrected chi connectivity index (χ4v) is 6.33. The van der Waals surface area contributed by atoms with E-state index in [0.29, 0.717) is 0 Å². The number of hydrogen-bond donors (Lipinski definition) is 0. The highest BCUT2D eigenvalue weighted by atomic mass is 16.5. The third kappa shape index (κ3) is 3.82. The summed E-state index contributed by atoms with van der Waals surface area (Å²) in [5, 5.41) is 2.12. The smallest absolute Gasteiger partial charge is 0.143 e. The van der Waals surface area contributed by atoms with Crippen molar-refractivity contribution >= 4 is 39.0 Å². The van der Waals surface area contributed by atoms with Gasteiger partial charge in [-0.05, 0) is 65.7 Å². The summed E-state index contributed by atoms with van der Waals surface area (Å²) < 4.78 is 12.9. The molecule has 7 aromatic rings. The van der Waals surface area contributed by atoms with E-state index in [2.05, 4.69) is 146 Å². The van der Waals surface area contributed by atoms with Crippen molar-refractivity contribution in [2.24, 2.45) is 0 Å². The average Bonchev–Trinajstić information content (AvgIpc) is 3.42. The van der Waals surface area contributed by atoms with E-state index in [1.54, 1.807) is 0 Å². The zero-order valence-electron chi connectivity index (χ0n) is 23.5. The standard InChI is InChI=1S/C39H29NO2/c1-39(2)32-22-24-36-37(31-15-9-10-16-34(31)41-36)38(32)42-35-23-21-30(25-33(35)39)40(28-13-7-4-8-14-28)29-19-17-27(18-20-29)26-11-5-3-6-12-26/h3-25H,1-2H3. The highest BCUT2D eigenvalue weighted by molar-refractivity contribution is 6.09. The van der Waals surface area contributed by atoms with E-state index in [9.17, 15) is 0 Å². The summed E-state index contributed by atoms with van der Waals surface area (Å²) in [5.41, 5.74) is 9.44. The first-order chi connectivity index (χ1) is 20.6. The van der Waals surface area contributed by atoms with Crippen LogP contribution in [0.4, 0.5) is 17.1 Å². The van der Waals surface area contributed by atoms with E-state index < -0.39 is 0 Å². The summed E-state index contributed by atoms with van der Waals surface area (Å²) in [7, 11) is 0. The molecule has 0 saturated carbocycles. The van der Waals surface area contributed by atoms with Crippen LogP contribution in [0.1, 0.15) is 25.0 Å². The second-order valence-corrected chi connectivity index (χ2v) is 11.4. The molecular weight excluding hydrogens is 514 g/mol. The average molecular weight is 544 g/mol. The van der Waals surface area contributed by atoms with E-state index in [-0.39, 0.29) is 5.41 Å². The molecule has 1 aliphatic heterocycles. The molecular formula is C39H29NO2. The largest absolute Gasteiger partial charge is 0.456 e. The minimum absolute atomic E-state index is 0.287. The molecule has 0 bridgehead atoms. The molecule has 0 N–H and O–H groups in total. The van der Waals surface area contributed by atoms with Crippen molar-refractivity contribution in [1.29, 1.82) is 0 Å². The van der Waals surface area contributed by atoms with Gasteiger partial charge in [0, 0.05) is 39.0 Å². The molecule has 42 heavy (non-hydrogen) atoms. The maximum Gasteiger partial charge on any atom is 0.143 e. The molecule has 0 fully saturated rings. The van der Waals surface area contributed by atoms with E-state index in [1.807, 2.05) is 12.1 Å². The number of nitrogens with zero attached hydrogens (tertiary/aromatic N) is 1. The van der Waals surface area contributed by atoms with E-state index in [0.717, 1.165) is 61.6 Å². The Hall–Kier alpha value is -5.28. The zero-order valence-corrected chi connectivity index (χ0v) is 23.5. The van der Waals surface area contributed by atoms with Crippen molar-refractivity contribution in [1.82, 2.24) is 0 Å². The lowest BCUT2D eigenvalue weighted by Gasteiger charge is -2.36. The number of furan rings is 1. The quantitative estimate of drug-likeness (QED) is 0.221. The van der Waals surface area contributed by atoms with Crippen LogP contribution in [0, 0.1) is 0 Å². The lowest BCUT2D eigenvalue weighted by Crippen LogP contribution is -2.25. The van der Waals surface area contributed by atoms with Gasteiger partial charge in [-0.3, -0.25) is 0 Å². The highest BCUT2D eigenvalue weighted by Gasteiger charge is 2.36. The van der Waals surface area contributed by atoms with Crippen LogP contribution in [0.15, 0.2) is 144 Å². The zero-order chi connectivity index (χ0) is 28.3. The predicted octanol–water partition coefficient (Wildman–Crippen LogP) is 11.2. The predicted molar refractivity (Wildman–Crippen MR) is 172 cm³/mol. The maximum atomic E-state index is 6.73. The van der Waals surface area contributed by atoms with Crippen LogP contribution >= 0.6 is 0 Å². The first kappa shape index (κ1) is 24.5. The van der Waals surface area contributed by atoms with Crippen molar-refractivity contribution in [3.05, 3.63) is 151 Å². The topological polar surface area (TPSA) is 25.6 Å². The van der Waals surface area contributed by atoms with Crippen LogP contribution in [0.2, 0.25) is 0 Å². The summed E-state index contributed by atoms with van der Waals surface area (Å²) in [6.07, 6.45) is 0.